The van der Waals surface area contributed by atoms with Gasteiger partial charge in [-0.05, 0) is 61.1 Å². The quantitative estimate of drug-likeness (QED) is 0.468. The van der Waals surface area contributed by atoms with E-state index in [1.54, 1.807) is 18.2 Å². The van der Waals surface area contributed by atoms with Gasteiger partial charge >= 0.3 is 5.97 Å². The van der Waals surface area contributed by atoms with Crippen molar-refractivity contribution in [1.82, 2.24) is 9.38 Å². The number of imidazole rings is 1. The molecule has 1 aliphatic carbocycles. The first kappa shape index (κ1) is 19.5. The zero-order chi connectivity index (χ0) is 21.7. The van der Waals surface area contributed by atoms with Gasteiger partial charge in [-0.15, -0.1) is 0 Å². The van der Waals surface area contributed by atoms with Crippen LogP contribution in [0.5, 0.6) is 0 Å². The van der Waals surface area contributed by atoms with Gasteiger partial charge in [0.05, 0.1) is 17.0 Å². The van der Waals surface area contributed by atoms with Gasteiger partial charge in [-0.25, -0.2) is 9.78 Å². The third-order valence-electron chi connectivity index (χ3n) is 6.20. The molecule has 4 aromatic rings. The average molecular weight is 412 g/mol. The normalized spacial score (nSPS) is 14.7. The number of aliphatic hydroxyl groups is 1. The van der Waals surface area contributed by atoms with E-state index < -0.39 is 12.1 Å². The molecule has 1 saturated carbocycles. The van der Waals surface area contributed by atoms with Crippen molar-refractivity contribution in [1.29, 1.82) is 0 Å². The summed E-state index contributed by atoms with van der Waals surface area (Å²) in [6.07, 6.45) is 1.55. The van der Waals surface area contributed by atoms with E-state index in [-0.39, 0.29) is 5.56 Å². The smallest absolute Gasteiger partial charge is 0.336 e. The molecular formula is C26H24N2O3. The van der Waals surface area contributed by atoms with E-state index in [4.69, 9.17) is 4.98 Å². The Hall–Kier alpha value is -3.44. The van der Waals surface area contributed by atoms with Crippen LogP contribution in [0.2, 0.25) is 0 Å². The van der Waals surface area contributed by atoms with Crippen molar-refractivity contribution in [3.63, 3.8) is 0 Å². The first-order valence-electron chi connectivity index (χ1n) is 10.5. The molecule has 1 atom stereocenters. The number of nitrogens with zero attached hydrogens (tertiary/aromatic N) is 2. The van der Waals surface area contributed by atoms with Gasteiger partial charge < -0.3 is 10.2 Å². The number of aryl methyl sites for hydroxylation is 2. The molecular weight excluding hydrogens is 388 g/mol. The van der Waals surface area contributed by atoms with Crippen molar-refractivity contribution >= 4 is 11.6 Å². The maximum atomic E-state index is 11.5. The highest BCUT2D eigenvalue weighted by molar-refractivity contribution is 5.96. The van der Waals surface area contributed by atoms with E-state index >= 15 is 0 Å². The third-order valence-corrected chi connectivity index (χ3v) is 6.20. The Balaban J connectivity index is 1.54. The molecule has 0 spiro atoms. The first-order chi connectivity index (χ1) is 15.0. The molecule has 31 heavy (non-hydrogen) atoms. The number of fused-ring (bicyclic) bond motifs is 1. The van der Waals surface area contributed by atoms with Gasteiger partial charge in [-0.3, -0.25) is 4.40 Å². The molecule has 0 aliphatic heterocycles. The fourth-order valence-electron chi connectivity index (χ4n) is 4.35. The second-order valence-electron chi connectivity index (χ2n) is 8.33. The van der Waals surface area contributed by atoms with Crippen LogP contribution in [0.25, 0.3) is 16.8 Å². The first-order valence-corrected chi connectivity index (χ1v) is 10.5. The molecule has 0 unspecified atom stereocenters. The van der Waals surface area contributed by atoms with Crippen LogP contribution in [-0.4, -0.2) is 25.6 Å². The Bertz CT molecular complexity index is 1300. The van der Waals surface area contributed by atoms with Crippen LogP contribution in [0.1, 0.15) is 63.4 Å². The minimum absolute atomic E-state index is 0.262. The topological polar surface area (TPSA) is 74.8 Å². The fraction of sp³-hybridized carbons (Fsp3) is 0.231. The Labute approximate surface area is 180 Å². The number of hydrogen-bond donors (Lipinski definition) is 2. The second-order valence-corrected chi connectivity index (χ2v) is 8.33. The van der Waals surface area contributed by atoms with Gasteiger partial charge in [0.15, 0.2) is 0 Å². The predicted molar refractivity (Wildman–Crippen MR) is 120 cm³/mol. The lowest BCUT2D eigenvalue weighted by Crippen LogP contribution is -2.08. The molecule has 0 amide bonds. The molecule has 0 saturated heterocycles. The summed E-state index contributed by atoms with van der Waals surface area (Å²) in [6, 6.07) is 18.4. The summed E-state index contributed by atoms with van der Waals surface area (Å²) < 4.78 is 2.08. The number of aromatic nitrogens is 2. The lowest BCUT2D eigenvalue weighted by molar-refractivity contribution is 0.0697. The Morgan fingerprint density at radius 1 is 1.03 bits per heavy atom. The zero-order valence-electron chi connectivity index (χ0n) is 17.5. The van der Waals surface area contributed by atoms with E-state index in [0.717, 1.165) is 39.4 Å². The second kappa shape index (κ2) is 7.36. The number of benzene rings is 2. The predicted octanol–water partition coefficient (Wildman–Crippen LogP) is 5.28. The summed E-state index contributed by atoms with van der Waals surface area (Å²) in [7, 11) is 0. The molecule has 2 heterocycles. The highest BCUT2D eigenvalue weighted by Crippen LogP contribution is 2.42. The highest BCUT2D eigenvalue weighted by Gasteiger charge is 2.30. The number of carboxylic acid groups (broad SMARTS) is 1. The summed E-state index contributed by atoms with van der Waals surface area (Å²) in [4.78, 5) is 16.4. The number of carboxylic acids is 1. The van der Waals surface area contributed by atoms with Gasteiger partial charge in [0.2, 0.25) is 0 Å². The van der Waals surface area contributed by atoms with Gasteiger partial charge in [-0.1, -0.05) is 48.5 Å². The summed E-state index contributed by atoms with van der Waals surface area (Å²) in [5.41, 5.74) is 7.50. The maximum absolute atomic E-state index is 11.5. The van der Waals surface area contributed by atoms with Crippen LogP contribution >= 0.6 is 0 Å². The Kier molecular flexibility index (Phi) is 4.63. The molecule has 0 bridgehead atoms. The number of pyridine rings is 1. The summed E-state index contributed by atoms with van der Waals surface area (Å²) in [6.45, 7) is 4.12. The van der Waals surface area contributed by atoms with Crippen molar-refractivity contribution in [2.45, 2.75) is 38.7 Å². The molecule has 2 N–H and O–H groups in total. The minimum Gasteiger partial charge on any atom is -0.478 e. The molecule has 5 heteroatoms. The summed E-state index contributed by atoms with van der Waals surface area (Å²) in [5, 5.41) is 20.7. The molecule has 5 rings (SSSR count). The lowest BCUT2D eigenvalue weighted by Gasteiger charge is -2.16. The van der Waals surface area contributed by atoms with Crippen LogP contribution in [0.15, 0.2) is 60.7 Å². The number of aromatic carboxylic acids is 1. The molecule has 2 aromatic heterocycles. The average Bonchev–Trinajstić information content (AvgIpc) is 3.57. The number of rotatable bonds is 5. The van der Waals surface area contributed by atoms with Gasteiger partial charge in [0, 0.05) is 11.6 Å². The Morgan fingerprint density at radius 3 is 2.42 bits per heavy atom. The van der Waals surface area contributed by atoms with Gasteiger partial charge in [-0.2, -0.15) is 0 Å². The molecule has 5 nitrogen and oxygen atoms in total. The monoisotopic (exact) mass is 412 g/mol. The van der Waals surface area contributed by atoms with Crippen molar-refractivity contribution < 1.29 is 15.0 Å². The maximum Gasteiger partial charge on any atom is 0.336 e. The van der Waals surface area contributed by atoms with Gasteiger partial charge in [0.25, 0.3) is 0 Å². The standard InChI is InChI=1S/C26H24N2O3/c1-15-7-14-22(28-16(2)23(18-10-11-18)27-25(15)28)24(29)19-12-8-17(9-13-19)20-5-3-4-6-21(20)26(30)31/h3-9,12-14,18,24,29H,10-11H2,1-2H3,(H,30,31)/t24-/m1/s1. The number of hydrogen-bond acceptors (Lipinski definition) is 3. The van der Waals surface area contributed by atoms with Crippen LogP contribution in [0.3, 0.4) is 0 Å². The molecule has 2 aromatic carbocycles. The Morgan fingerprint density at radius 2 is 1.74 bits per heavy atom. The van der Waals surface area contributed by atoms with E-state index in [1.165, 1.54) is 12.8 Å². The van der Waals surface area contributed by atoms with Crippen molar-refractivity contribution in [2.24, 2.45) is 0 Å². The molecule has 0 radical (unpaired) electrons. The highest BCUT2D eigenvalue weighted by atomic mass is 16.4. The van der Waals surface area contributed by atoms with E-state index in [1.807, 2.05) is 49.4 Å². The molecule has 156 valence electrons. The van der Waals surface area contributed by atoms with Crippen molar-refractivity contribution in [3.8, 4) is 11.1 Å². The van der Waals surface area contributed by atoms with Crippen molar-refractivity contribution in [2.75, 3.05) is 0 Å². The summed E-state index contributed by atoms with van der Waals surface area (Å²) in [5.74, 6) is -0.415. The third kappa shape index (κ3) is 3.31. The lowest BCUT2D eigenvalue weighted by atomic mass is 9.97. The van der Waals surface area contributed by atoms with E-state index in [2.05, 4.69) is 11.3 Å². The summed E-state index contributed by atoms with van der Waals surface area (Å²) >= 11 is 0. The van der Waals surface area contributed by atoms with Crippen molar-refractivity contribution in [3.05, 3.63) is 94.4 Å². The van der Waals surface area contributed by atoms with Gasteiger partial charge in [0.1, 0.15) is 11.8 Å². The van der Waals surface area contributed by atoms with Crippen LogP contribution in [0, 0.1) is 13.8 Å². The van der Waals surface area contributed by atoms with Crippen LogP contribution in [-0.2, 0) is 0 Å². The van der Waals surface area contributed by atoms with Crippen LogP contribution in [0.4, 0.5) is 0 Å². The van der Waals surface area contributed by atoms with E-state index in [9.17, 15) is 15.0 Å². The molecule has 1 aliphatic rings. The zero-order valence-corrected chi connectivity index (χ0v) is 17.5. The SMILES string of the molecule is Cc1ccc([C@H](O)c2ccc(-c3ccccc3C(=O)O)cc2)n2c(C)c(C3CC3)nc12. The number of carbonyl (C=O) groups is 1. The molecule has 1 fully saturated rings. The largest absolute Gasteiger partial charge is 0.478 e. The van der Waals surface area contributed by atoms with E-state index in [0.29, 0.717) is 11.5 Å². The number of aliphatic hydroxyl groups excluding tert-OH is 1. The van der Waals surface area contributed by atoms with Crippen LogP contribution < -0.4 is 0 Å². The fourth-order valence-corrected chi connectivity index (χ4v) is 4.35. The minimum atomic E-state index is -0.955.